The molecule has 0 radical (unpaired) electrons. The Bertz CT molecular complexity index is 712. The SMILES string of the molecule is CC(OC(=O)C(C)Sc1ccccc1)C(=O)Nc1cccnc1Cl. The van der Waals surface area contributed by atoms with Gasteiger partial charge in [0.25, 0.3) is 5.91 Å². The average Bonchev–Trinajstić information content (AvgIpc) is 2.57. The molecule has 0 fully saturated rings. The van der Waals surface area contributed by atoms with Gasteiger partial charge in [-0.05, 0) is 38.1 Å². The van der Waals surface area contributed by atoms with Crippen LogP contribution in [-0.2, 0) is 14.3 Å². The van der Waals surface area contributed by atoms with E-state index in [0.29, 0.717) is 5.69 Å². The van der Waals surface area contributed by atoms with Crippen LogP contribution in [0.3, 0.4) is 0 Å². The molecule has 126 valence electrons. The maximum absolute atomic E-state index is 12.1. The molecule has 7 heteroatoms. The molecule has 0 saturated carbocycles. The molecule has 5 nitrogen and oxygen atoms in total. The van der Waals surface area contributed by atoms with Gasteiger partial charge < -0.3 is 10.1 Å². The molecule has 1 amide bonds. The number of nitrogens with one attached hydrogen (secondary N) is 1. The van der Waals surface area contributed by atoms with Crippen LogP contribution < -0.4 is 5.32 Å². The largest absolute Gasteiger partial charge is 0.452 e. The van der Waals surface area contributed by atoms with E-state index < -0.39 is 23.2 Å². The van der Waals surface area contributed by atoms with Crippen molar-refractivity contribution < 1.29 is 14.3 Å². The molecule has 2 aromatic rings. The van der Waals surface area contributed by atoms with Gasteiger partial charge in [0.05, 0.1) is 5.69 Å². The molecule has 0 bridgehead atoms. The van der Waals surface area contributed by atoms with Crippen LogP contribution in [0.4, 0.5) is 5.69 Å². The number of ether oxygens (including phenoxy) is 1. The third-order valence-corrected chi connectivity index (χ3v) is 4.46. The van der Waals surface area contributed by atoms with E-state index in [4.69, 9.17) is 16.3 Å². The first-order valence-corrected chi connectivity index (χ1v) is 8.56. The number of rotatable bonds is 6. The third kappa shape index (κ3) is 5.25. The van der Waals surface area contributed by atoms with Crippen molar-refractivity contribution in [2.24, 2.45) is 0 Å². The number of thioether (sulfide) groups is 1. The number of benzene rings is 1. The van der Waals surface area contributed by atoms with Crippen LogP contribution in [0.2, 0.25) is 5.15 Å². The highest BCUT2D eigenvalue weighted by Gasteiger charge is 2.23. The van der Waals surface area contributed by atoms with Crippen molar-refractivity contribution in [2.45, 2.75) is 30.1 Å². The topological polar surface area (TPSA) is 68.3 Å². The molecule has 0 spiro atoms. The van der Waals surface area contributed by atoms with Crippen LogP contribution in [0.25, 0.3) is 0 Å². The van der Waals surface area contributed by atoms with Crippen LogP contribution >= 0.6 is 23.4 Å². The van der Waals surface area contributed by atoms with Gasteiger partial charge in [-0.15, -0.1) is 11.8 Å². The fourth-order valence-corrected chi connectivity index (χ4v) is 2.83. The second-order valence-electron chi connectivity index (χ2n) is 4.98. The van der Waals surface area contributed by atoms with Crippen LogP contribution in [0.1, 0.15) is 13.8 Å². The molecule has 2 unspecified atom stereocenters. The predicted molar refractivity (Wildman–Crippen MR) is 95.2 cm³/mol. The van der Waals surface area contributed by atoms with Gasteiger partial charge in [0.1, 0.15) is 5.25 Å². The van der Waals surface area contributed by atoms with Crippen molar-refractivity contribution in [3.05, 3.63) is 53.8 Å². The van der Waals surface area contributed by atoms with Gasteiger partial charge in [0, 0.05) is 11.1 Å². The van der Waals surface area contributed by atoms with E-state index in [-0.39, 0.29) is 5.15 Å². The first kappa shape index (κ1) is 18.3. The van der Waals surface area contributed by atoms with Gasteiger partial charge in [-0.1, -0.05) is 29.8 Å². The Balaban J connectivity index is 1.88. The normalized spacial score (nSPS) is 13.0. The first-order chi connectivity index (χ1) is 11.5. The monoisotopic (exact) mass is 364 g/mol. The molecule has 1 aromatic heterocycles. The van der Waals surface area contributed by atoms with Crippen LogP contribution in [-0.4, -0.2) is 28.2 Å². The smallest absolute Gasteiger partial charge is 0.319 e. The first-order valence-electron chi connectivity index (χ1n) is 7.31. The van der Waals surface area contributed by atoms with E-state index in [0.717, 1.165) is 4.90 Å². The molecule has 0 aliphatic rings. The molecule has 1 aromatic carbocycles. The zero-order valence-electron chi connectivity index (χ0n) is 13.2. The minimum absolute atomic E-state index is 0.178. The number of amides is 1. The Labute approximate surface area is 149 Å². The number of pyridine rings is 1. The van der Waals surface area contributed by atoms with Gasteiger partial charge in [-0.25, -0.2) is 4.98 Å². The van der Waals surface area contributed by atoms with Gasteiger partial charge in [0.2, 0.25) is 0 Å². The Morgan fingerprint density at radius 3 is 2.54 bits per heavy atom. The van der Waals surface area contributed by atoms with Crippen LogP contribution in [0, 0.1) is 0 Å². The molecule has 1 heterocycles. The molecule has 0 aliphatic heterocycles. The standard InChI is InChI=1S/C17H17ClN2O3S/c1-11(16(21)20-14-9-6-10-19-15(14)18)23-17(22)12(2)24-13-7-4-3-5-8-13/h3-12H,1-2H3,(H,20,21). The molecule has 0 saturated heterocycles. The van der Waals surface area contributed by atoms with Crippen molar-refractivity contribution >= 4 is 40.9 Å². The highest BCUT2D eigenvalue weighted by Crippen LogP contribution is 2.24. The fraction of sp³-hybridized carbons (Fsp3) is 0.235. The predicted octanol–water partition coefficient (Wildman–Crippen LogP) is 3.79. The Hall–Kier alpha value is -2.05. The van der Waals surface area contributed by atoms with Gasteiger partial charge in [-0.2, -0.15) is 0 Å². The molecular weight excluding hydrogens is 348 g/mol. The summed E-state index contributed by atoms with van der Waals surface area (Å²) in [6, 6.07) is 12.8. The van der Waals surface area contributed by atoms with Crippen LogP contribution in [0.5, 0.6) is 0 Å². The summed E-state index contributed by atoms with van der Waals surface area (Å²) in [6.07, 6.45) is 0.580. The number of hydrogen-bond donors (Lipinski definition) is 1. The third-order valence-electron chi connectivity index (χ3n) is 3.07. The Morgan fingerprint density at radius 1 is 1.17 bits per heavy atom. The number of halogens is 1. The summed E-state index contributed by atoms with van der Waals surface area (Å²) in [4.78, 5) is 29.0. The zero-order chi connectivity index (χ0) is 17.5. The minimum Gasteiger partial charge on any atom is -0.452 e. The summed E-state index contributed by atoms with van der Waals surface area (Å²) in [5.41, 5.74) is 0.374. The van der Waals surface area contributed by atoms with E-state index in [1.54, 1.807) is 19.1 Å². The van der Waals surface area contributed by atoms with Crippen molar-refractivity contribution in [3.8, 4) is 0 Å². The van der Waals surface area contributed by atoms with Gasteiger partial charge in [0.15, 0.2) is 11.3 Å². The van der Waals surface area contributed by atoms with Crippen molar-refractivity contribution in [3.63, 3.8) is 0 Å². The number of carbonyl (C=O) groups excluding carboxylic acids is 2. The van der Waals surface area contributed by atoms with Crippen molar-refractivity contribution in [1.82, 2.24) is 4.98 Å². The fourth-order valence-electron chi connectivity index (χ4n) is 1.79. The van der Waals surface area contributed by atoms with Gasteiger partial charge >= 0.3 is 5.97 Å². The molecular formula is C17H17ClN2O3S. The van der Waals surface area contributed by atoms with E-state index in [9.17, 15) is 9.59 Å². The number of hydrogen-bond acceptors (Lipinski definition) is 5. The van der Waals surface area contributed by atoms with E-state index in [1.165, 1.54) is 24.9 Å². The molecule has 0 aliphatic carbocycles. The zero-order valence-corrected chi connectivity index (χ0v) is 14.8. The number of carbonyl (C=O) groups is 2. The number of anilines is 1. The number of nitrogens with zero attached hydrogens (tertiary/aromatic N) is 1. The maximum Gasteiger partial charge on any atom is 0.319 e. The molecule has 1 N–H and O–H groups in total. The van der Waals surface area contributed by atoms with Gasteiger partial charge in [-0.3, -0.25) is 9.59 Å². The molecule has 2 rings (SSSR count). The highest BCUT2D eigenvalue weighted by atomic mass is 35.5. The van der Waals surface area contributed by atoms with Crippen molar-refractivity contribution in [2.75, 3.05) is 5.32 Å². The average molecular weight is 365 g/mol. The lowest BCUT2D eigenvalue weighted by molar-refractivity contribution is -0.152. The summed E-state index contributed by atoms with van der Waals surface area (Å²) >= 11 is 7.26. The maximum atomic E-state index is 12.1. The summed E-state index contributed by atoms with van der Waals surface area (Å²) < 4.78 is 5.22. The lowest BCUT2D eigenvalue weighted by atomic mass is 10.3. The molecule has 2 atom stereocenters. The summed E-state index contributed by atoms with van der Waals surface area (Å²) in [5, 5.41) is 2.34. The van der Waals surface area contributed by atoms with E-state index >= 15 is 0 Å². The summed E-state index contributed by atoms with van der Waals surface area (Å²) in [7, 11) is 0. The van der Waals surface area contributed by atoms with Crippen LogP contribution in [0.15, 0.2) is 53.6 Å². The van der Waals surface area contributed by atoms with Crippen molar-refractivity contribution in [1.29, 1.82) is 0 Å². The minimum atomic E-state index is -0.937. The van der Waals surface area contributed by atoms with E-state index in [1.807, 2.05) is 30.3 Å². The summed E-state index contributed by atoms with van der Waals surface area (Å²) in [5.74, 6) is -0.918. The second kappa shape index (κ2) is 8.70. The summed E-state index contributed by atoms with van der Waals surface area (Å²) in [6.45, 7) is 3.25. The number of aromatic nitrogens is 1. The highest BCUT2D eigenvalue weighted by molar-refractivity contribution is 8.00. The Kier molecular flexibility index (Phi) is 6.63. The molecule has 24 heavy (non-hydrogen) atoms. The quantitative estimate of drug-likeness (QED) is 0.480. The Morgan fingerprint density at radius 2 is 1.88 bits per heavy atom. The lowest BCUT2D eigenvalue weighted by Crippen LogP contribution is -2.32. The lowest BCUT2D eigenvalue weighted by Gasteiger charge is -2.16. The second-order valence-corrected chi connectivity index (χ2v) is 6.76. The number of esters is 1. The van der Waals surface area contributed by atoms with E-state index in [2.05, 4.69) is 10.3 Å².